The SMILES string of the molecule is CC.Cc1ccc(Cl)c(C)c1Cl. The van der Waals surface area contributed by atoms with Gasteiger partial charge in [-0.3, -0.25) is 0 Å². The summed E-state index contributed by atoms with van der Waals surface area (Å²) >= 11 is 11.7. The van der Waals surface area contributed by atoms with Crippen molar-refractivity contribution in [1.82, 2.24) is 0 Å². The van der Waals surface area contributed by atoms with Crippen molar-refractivity contribution in [2.45, 2.75) is 27.7 Å². The molecular weight excluding hydrogens is 191 g/mol. The van der Waals surface area contributed by atoms with Crippen LogP contribution in [0.25, 0.3) is 0 Å². The zero-order chi connectivity index (χ0) is 9.72. The van der Waals surface area contributed by atoms with Crippen LogP contribution in [0.4, 0.5) is 0 Å². The molecule has 2 heteroatoms. The highest BCUT2D eigenvalue weighted by atomic mass is 35.5. The third-order valence-electron chi connectivity index (χ3n) is 1.51. The van der Waals surface area contributed by atoms with E-state index in [0.717, 1.165) is 21.2 Å². The molecule has 0 saturated heterocycles. The first-order valence-electron chi connectivity index (χ1n) is 4.04. The smallest absolute Gasteiger partial charge is 0.0479 e. The topological polar surface area (TPSA) is 0 Å². The highest BCUT2D eigenvalue weighted by Gasteiger charge is 2.01. The Bertz CT molecular complexity index is 227. The number of benzene rings is 1. The van der Waals surface area contributed by atoms with Gasteiger partial charge in [0.2, 0.25) is 0 Å². The predicted octanol–water partition coefficient (Wildman–Crippen LogP) is 4.64. The van der Waals surface area contributed by atoms with Gasteiger partial charge in [-0.05, 0) is 31.0 Å². The van der Waals surface area contributed by atoms with Gasteiger partial charge < -0.3 is 0 Å². The summed E-state index contributed by atoms with van der Waals surface area (Å²) in [6.45, 7) is 7.88. The van der Waals surface area contributed by atoms with E-state index in [1.165, 1.54) is 0 Å². The molecule has 0 heterocycles. The van der Waals surface area contributed by atoms with Crippen LogP contribution in [0.5, 0.6) is 0 Å². The van der Waals surface area contributed by atoms with E-state index < -0.39 is 0 Å². The molecule has 12 heavy (non-hydrogen) atoms. The third kappa shape index (κ3) is 2.69. The molecule has 0 amide bonds. The molecule has 0 aliphatic heterocycles. The minimum Gasteiger partial charge on any atom is -0.0840 e. The summed E-state index contributed by atoms with van der Waals surface area (Å²) in [6.07, 6.45) is 0. The summed E-state index contributed by atoms with van der Waals surface area (Å²) in [7, 11) is 0. The Morgan fingerprint density at radius 1 is 1.00 bits per heavy atom. The second kappa shape index (κ2) is 5.45. The number of hydrogen-bond acceptors (Lipinski definition) is 0. The molecule has 68 valence electrons. The Morgan fingerprint density at radius 2 is 1.50 bits per heavy atom. The van der Waals surface area contributed by atoms with Crippen LogP contribution < -0.4 is 0 Å². The van der Waals surface area contributed by atoms with Gasteiger partial charge in [0.1, 0.15) is 0 Å². The lowest BCUT2D eigenvalue weighted by Crippen LogP contribution is -1.80. The monoisotopic (exact) mass is 204 g/mol. The van der Waals surface area contributed by atoms with Crippen LogP contribution in [-0.4, -0.2) is 0 Å². The fourth-order valence-corrected chi connectivity index (χ4v) is 1.17. The standard InChI is InChI=1S/C8H8Cl2.C2H6/c1-5-3-4-7(9)6(2)8(5)10;1-2/h3-4H,1-2H3;1-2H3. The van der Waals surface area contributed by atoms with Gasteiger partial charge in [-0.25, -0.2) is 0 Å². The molecular formula is C10H14Cl2. The first kappa shape index (κ1) is 11.8. The van der Waals surface area contributed by atoms with Crippen LogP contribution in [0.1, 0.15) is 25.0 Å². The lowest BCUT2D eigenvalue weighted by molar-refractivity contribution is 1.38. The summed E-state index contributed by atoms with van der Waals surface area (Å²) in [6, 6.07) is 3.77. The van der Waals surface area contributed by atoms with E-state index in [1.807, 2.05) is 39.8 Å². The van der Waals surface area contributed by atoms with Crippen LogP contribution in [0.2, 0.25) is 10.0 Å². The zero-order valence-electron chi connectivity index (χ0n) is 7.91. The maximum Gasteiger partial charge on any atom is 0.0479 e. The molecule has 0 atom stereocenters. The molecule has 0 aliphatic carbocycles. The van der Waals surface area contributed by atoms with Crippen molar-refractivity contribution in [2.75, 3.05) is 0 Å². The van der Waals surface area contributed by atoms with Crippen molar-refractivity contribution in [3.05, 3.63) is 33.3 Å². The summed E-state index contributed by atoms with van der Waals surface area (Å²) < 4.78 is 0. The number of hydrogen-bond donors (Lipinski definition) is 0. The molecule has 0 spiro atoms. The molecule has 1 rings (SSSR count). The van der Waals surface area contributed by atoms with Gasteiger partial charge >= 0.3 is 0 Å². The van der Waals surface area contributed by atoms with E-state index in [1.54, 1.807) is 0 Å². The van der Waals surface area contributed by atoms with Crippen LogP contribution in [0.3, 0.4) is 0 Å². The van der Waals surface area contributed by atoms with Gasteiger partial charge in [-0.2, -0.15) is 0 Å². The van der Waals surface area contributed by atoms with Crippen molar-refractivity contribution in [1.29, 1.82) is 0 Å². The lowest BCUT2D eigenvalue weighted by Gasteiger charge is -2.02. The second-order valence-electron chi connectivity index (χ2n) is 2.30. The predicted molar refractivity (Wildman–Crippen MR) is 57.3 cm³/mol. The van der Waals surface area contributed by atoms with Gasteiger partial charge in [0.05, 0.1) is 0 Å². The molecule has 0 N–H and O–H groups in total. The number of rotatable bonds is 0. The number of aryl methyl sites for hydroxylation is 1. The molecule has 0 aromatic heterocycles. The summed E-state index contributed by atoms with van der Waals surface area (Å²) in [5, 5.41) is 1.50. The molecule has 0 saturated carbocycles. The van der Waals surface area contributed by atoms with Crippen LogP contribution >= 0.6 is 23.2 Å². The fourth-order valence-electron chi connectivity index (χ4n) is 0.797. The third-order valence-corrected chi connectivity index (χ3v) is 2.50. The van der Waals surface area contributed by atoms with Gasteiger partial charge in [-0.15, -0.1) is 0 Å². The zero-order valence-corrected chi connectivity index (χ0v) is 9.42. The first-order valence-corrected chi connectivity index (χ1v) is 4.79. The summed E-state index contributed by atoms with van der Waals surface area (Å²) in [5.41, 5.74) is 2.03. The van der Waals surface area contributed by atoms with E-state index >= 15 is 0 Å². The average molecular weight is 205 g/mol. The summed E-state index contributed by atoms with van der Waals surface area (Å²) in [5.74, 6) is 0. The molecule has 1 aromatic rings. The van der Waals surface area contributed by atoms with E-state index in [0.29, 0.717) is 0 Å². The highest BCUT2D eigenvalue weighted by Crippen LogP contribution is 2.26. The number of halogens is 2. The Hall–Kier alpha value is -0.200. The minimum atomic E-state index is 0.732. The fraction of sp³-hybridized carbons (Fsp3) is 0.400. The van der Waals surface area contributed by atoms with Crippen molar-refractivity contribution in [2.24, 2.45) is 0 Å². The van der Waals surface area contributed by atoms with E-state index in [4.69, 9.17) is 23.2 Å². The molecule has 1 aromatic carbocycles. The lowest BCUT2D eigenvalue weighted by atomic mass is 10.2. The van der Waals surface area contributed by atoms with Crippen molar-refractivity contribution < 1.29 is 0 Å². The van der Waals surface area contributed by atoms with Crippen molar-refractivity contribution in [3.8, 4) is 0 Å². The average Bonchev–Trinajstić information content (AvgIpc) is 2.12. The van der Waals surface area contributed by atoms with Crippen molar-refractivity contribution in [3.63, 3.8) is 0 Å². The molecule has 0 radical (unpaired) electrons. The second-order valence-corrected chi connectivity index (χ2v) is 3.09. The largest absolute Gasteiger partial charge is 0.0840 e. The van der Waals surface area contributed by atoms with Gasteiger partial charge in [0, 0.05) is 10.0 Å². The summed E-state index contributed by atoms with van der Waals surface area (Å²) in [4.78, 5) is 0. The first-order chi connectivity index (χ1) is 5.63. The van der Waals surface area contributed by atoms with Crippen LogP contribution in [0.15, 0.2) is 12.1 Å². The van der Waals surface area contributed by atoms with E-state index in [-0.39, 0.29) is 0 Å². The Morgan fingerprint density at radius 3 is 1.92 bits per heavy atom. The molecule has 0 fully saturated rings. The van der Waals surface area contributed by atoms with Gasteiger partial charge in [0.25, 0.3) is 0 Å². The normalized spacial score (nSPS) is 8.83. The molecule has 0 bridgehead atoms. The van der Waals surface area contributed by atoms with Crippen molar-refractivity contribution >= 4 is 23.2 Å². The molecule has 0 unspecified atom stereocenters. The van der Waals surface area contributed by atoms with Gasteiger partial charge in [-0.1, -0.05) is 43.1 Å². The Kier molecular flexibility index (Phi) is 5.36. The van der Waals surface area contributed by atoms with Crippen LogP contribution in [0, 0.1) is 13.8 Å². The molecule has 0 nitrogen and oxygen atoms in total. The Labute approximate surface area is 84.5 Å². The maximum absolute atomic E-state index is 5.90. The maximum atomic E-state index is 5.90. The quantitative estimate of drug-likeness (QED) is 0.578. The Balaban J connectivity index is 0.000000561. The minimum absolute atomic E-state index is 0.732. The van der Waals surface area contributed by atoms with E-state index in [9.17, 15) is 0 Å². The molecule has 0 aliphatic rings. The van der Waals surface area contributed by atoms with E-state index in [2.05, 4.69) is 0 Å². The van der Waals surface area contributed by atoms with Crippen LogP contribution in [-0.2, 0) is 0 Å². The highest BCUT2D eigenvalue weighted by molar-refractivity contribution is 6.36. The van der Waals surface area contributed by atoms with Gasteiger partial charge in [0.15, 0.2) is 0 Å².